The molecule has 3 rings (SSSR count). The maximum absolute atomic E-state index is 3.51. The number of fused-ring (bicyclic) bond motifs is 1. The van der Waals surface area contributed by atoms with Crippen LogP contribution < -0.4 is 10.0 Å². The molecule has 2 aliphatic heterocycles. The van der Waals surface area contributed by atoms with Crippen molar-refractivity contribution in [2.75, 3.05) is 26.2 Å². The van der Waals surface area contributed by atoms with Crippen LogP contribution in [0.15, 0.2) is 29.2 Å². The Morgan fingerprint density at radius 2 is 2.00 bits per heavy atom. The average molecular weight is 221 g/mol. The van der Waals surface area contributed by atoms with E-state index in [0.717, 1.165) is 26.2 Å². The summed E-state index contributed by atoms with van der Waals surface area (Å²) in [5, 5.41) is 3.39. The van der Waals surface area contributed by atoms with Crippen molar-refractivity contribution in [3.63, 3.8) is 0 Å². The fourth-order valence-electron chi connectivity index (χ4n) is 2.19. The fraction of sp³-hybridized carbons (Fsp3) is 0.455. The molecule has 0 spiro atoms. The molecule has 1 aromatic rings. The van der Waals surface area contributed by atoms with Crippen LogP contribution in [0.5, 0.6) is 0 Å². The van der Waals surface area contributed by atoms with E-state index in [1.807, 2.05) is 0 Å². The van der Waals surface area contributed by atoms with Gasteiger partial charge in [-0.15, -0.1) is 0 Å². The van der Waals surface area contributed by atoms with E-state index in [9.17, 15) is 0 Å². The van der Waals surface area contributed by atoms with Crippen LogP contribution in [0.1, 0.15) is 11.7 Å². The van der Waals surface area contributed by atoms with Gasteiger partial charge in [0, 0.05) is 31.1 Å². The van der Waals surface area contributed by atoms with E-state index in [1.54, 1.807) is 11.9 Å². The lowest BCUT2D eigenvalue weighted by Gasteiger charge is -2.32. The van der Waals surface area contributed by atoms with Gasteiger partial charge < -0.3 is 5.32 Å². The first-order chi connectivity index (χ1) is 7.45. The molecule has 0 aliphatic carbocycles. The van der Waals surface area contributed by atoms with Crippen molar-refractivity contribution >= 4 is 11.9 Å². The Hall–Kier alpha value is -0.550. The van der Waals surface area contributed by atoms with Crippen LogP contribution in [0.25, 0.3) is 0 Å². The molecule has 0 bridgehead atoms. The summed E-state index contributed by atoms with van der Waals surface area (Å²) >= 11 is 1.76. The van der Waals surface area contributed by atoms with E-state index in [4.69, 9.17) is 0 Å². The predicted molar refractivity (Wildman–Crippen MR) is 62.6 cm³/mol. The van der Waals surface area contributed by atoms with E-state index < -0.39 is 0 Å². The topological polar surface area (TPSA) is 27.3 Å². The van der Waals surface area contributed by atoms with E-state index in [2.05, 4.69) is 39.2 Å². The lowest BCUT2D eigenvalue weighted by molar-refractivity contribution is 0.168. The van der Waals surface area contributed by atoms with Gasteiger partial charge in [-0.05, 0) is 23.6 Å². The second kappa shape index (κ2) is 4.14. The Bertz CT molecular complexity index is 349. The minimum Gasteiger partial charge on any atom is -0.314 e. The lowest BCUT2D eigenvalue weighted by atomic mass is 10.1. The van der Waals surface area contributed by atoms with E-state index >= 15 is 0 Å². The molecule has 3 nitrogen and oxygen atoms in total. The highest BCUT2D eigenvalue weighted by molar-refractivity contribution is 7.97. The number of nitrogens with zero attached hydrogens (tertiary/aromatic N) is 1. The van der Waals surface area contributed by atoms with Crippen LogP contribution in [0.4, 0.5) is 0 Å². The molecule has 0 aromatic heterocycles. The minimum absolute atomic E-state index is 0.410. The molecule has 4 heteroatoms. The summed E-state index contributed by atoms with van der Waals surface area (Å²) in [5.74, 6) is 0. The molecule has 0 saturated carbocycles. The average Bonchev–Trinajstić information content (AvgIpc) is 2.74. The Balaban J connectivity index is 1.83. The number of piperazine rings is 1. The number of rotatable bonds is 1. The van der Waals surface area contributed by atoms with Crippen LogP contribution in [0.2, 0.25) is 0 Å². The molecular formula is C11H15N3S. The second-order valence-electron chi connectivity index (χ2n) is 3.95. The molecule has 2 heterocycles. The molecule has 80 valence electrons. The molecule has 15 heavy (non-hydrogen) atoms. The van der Waals surface area contributed by atoms with Crippen molar-refractivity contribution in [2.24, 2.45) is 0 Å². The molecule has 1 aromatic carbocycles. The van der Waals surface area contributed by atoms with Crippen LogP contribution in [-0.4, -0.2) is 31.1 Å². The van der Waals surface area contributed by atoms with Gasteiger partial charge in [-0.2, -0.15) is 0 Å². The number of nitrogens with one attached hydrogen (secondary N) is 2. The van der Waals surface area contributed by atoms with Gasteiger partial charge in [0.25, 0.3) is 0 Å². The standard InChI is InChI=1S/C11H15N3S/c1-2-4-10-9(3-1)11(13-15-10)14-7-5-12-6-8-14/h1-4,11-13H,5-8H2. The second-order valence-corrected chi connectivity index (χ2v) is 4.83. The molecular weight excluding hydrogens is 206 g/mol. The number of benzene rings is 1. The van der Waals surface area contributed by atoms with Crippen molar-refractivity contribution < 1.29 is 0 Å². The van der Waals surface area contributed by atoms with Gasteiger partial charge in [0.1, 0.15) is 0 Å². The van der Waals surface area contributed by atoms with Gasteiger partial charge in [-0.1, -0.05) is 18.2 Å². The molecule has 1 fully saturated rings. The number of hydrogen-bond acceptors (Lipinski definition) is 4. The highest BCUT2D eigenvalue weighted by Gasteiger charge is 2.28. The fourth-order valence-corrected chi connectivity index (χ4v) is 3.15. The van der Waals surface area contributed by atoms with Crippen LogP contribution in [0, 0.1) is 0 Å². The molecule has 2 aliphatic rings. The Labute approximate surface area is 94.4 Å². The molecule has 1 unspecified atom stereocenters. The molecule has 1 atom stereocenters. The largest absolute Gasteiger partial charge is 0.314 e. The summed E-state index contributed by atoms with van der Waals surface area (Å²) in [4.78, 5) is 3.89. The third kappa shape index (κ3) is 1.78. The van der Waals surface area contributed by atoms with Crippen LogP contribution in [-0.2, 0) is 0 Å². The Kier molecular flexibility index (Phi) is 2.66. The van der Waals surface area contributed by atoms with E-state index in [0.29, 0.717) is 6.17 Å². The molecule has 0 amide bonds. The maximum atomic E-state index is 3.51. The molecule has 0 radical (unpaired) electrons. The first-order valence-corrected chi connectivity index (χ1v) is 6.23. The zero-order valence-corrected chi connectivity index (χ0v) is 9.39. The van der Waals surface area contributed by atoms with Crippen molar-refractivity contribution in [1.82, 2.24) is 14.9 Å². The molecule has 1 saturated heterocycles. The zero-order valence-electron chi connectivity index (χ0n) is 8.57. The summed E-state index contributed by atoms with van der Waals surface area (Å²) in [6, 6.07) is 8.65. The lowest BCUT2D eigenvalue weighted by Crippen LogP contribution is -2.47. The van der Waals surface area contributed by atoms with Crippen LogP contribution >= 0.6 is 11.9 Å². The smallest absolute Gasteiger partial charge is 0.0967 e. The SMILES string of the molecule is c1ccc2c(c1)SNC2N1CCNCC1. The highest BCUT2D eigenvalue weighted by Crippen LogP contribution is 2.36. The summed E-state index contributed by atoms with van der Waals surface area (Å²) in [5.41, 5.74) is 1.43. The van der Waals surface area contributed by atoms with Gasteiger partial charge in [0.05, 0.1) is 6.17 Å². The van der Waals surface area contributed by atoms with E-state index in [1.165, 1.54) is 10.5 Å². The van der Waals surface area contributed by atoms with Gasteiger partial charge >= 0.3 is 0 Å². The minimum atomic E-state index is 0.410. The van der Waals surface area contributed by atoms with E-state index in [-0.39, 0.29) is 0 Å². The Morgan fingerprint density at radius 3 is 2.87 bits per heavy atom. The number of hydrogen-bond donors (Lipinski definition) is 2. The highest BCUT2D eigenvalue weighted by atomic mass is 32.2. The Morgan fingerprint density at radius 1 is 1.20 bits per heavy atom. The third-order valence-electron chi connectivity index (χ3n) is 3.01. The third-order valence-corrected chi connectivity index (χ3v) is 3.94. The predicted octanol–water partition coefficient (Wildman–Crippen LogP) is 1.20. The summed E-state index contributed by atoms with van der Waals surface area (Å²) in [7, 11) is 0. The van der Waals surface area contributed by atoms with Crippen molar-refractivity contribution in [3.05, 3.63) is 29.8 Å². The quantitative estimate of drug-likeness (QED) is 0.697. The first kappa shape index (κ1) is 9.66. The van der Waals surface area contributed by atoms with Crippen molar-refractivity contribution in [1.29, 1.82) is 0 Å². The summed E-state index contributed by atoms with van der Waals surface area (Å²) < 4.78 is 3.51. The van der Waals surface area contributed by atoms with Crippen molar-refractivity contribution in [2.45, 2.75) is 11.1 Å². The monoisotopic (exact) mass is 221 g/mol. The molecule has 2 N–H and O–H groups in total. The normalized spacial score (nSPS) is 26.5. The summed E-state index contributed by atoms with van der Waals surface area (Å²) in [6.45, 7) is 4.47. The summed E-state index contributed by atoms with van der Waals surface area (Å²) in [6.07, 6.45) is 0.410. The van der Waals surface area contributed by atoms with Gasteiger partial charge in [-0.3, -0.25) is 4.90 Å². The van der Waals surface area contributed by atoms with Gasteiger partial charge in [-0.25, -0.2) is 4.72 Å². The first-order valence-electron chi connectivity index (χ1n) is 5.41. The van der Waals surface area contributed by atoms with Crippen LogP contribution in [0.3, 0.4) is 0 Å². The maximum Gasteiger partial charge on any atom is 0.0967 e. The van der Waals surface area contributed by atoms with Gasteiger partial charge in [0.2, 0.25) is 0 Å². The zero-order chi connectivity index (χ0) is 10.1. The van der Waals surface area contributed by atoms with Crippen molar-refractivity contribution in [3.8, 4) is 0 Å². The van der Waals surface area contributed by atoms with Gasteiger partial charge in [0.15, 0.2) is 0 Å².